The number of H-pyrrole nitrogens is 1. The van der Waals surface area contributed by atoms with Crippen LogP contribution in [0.5, 0.6) is 5.75 Å². The van der Waals surface area contributed by atoms with Gasteiger partial charge in [0.2, 0.25) is 17.6 Å². The van der Waals surface area contributed by atoms with E-state index in [0.29, 0.717) is 31.0 Å². The molecular formula is C30H37N5O6. The Morgan fingerprint density at radius 3 is 2.68 bits per heavy atom. The van der Waals surface area contributed by atoms with Crippen LogP contribution in [0.1, 0.15) is 61.9 Å². The molecular weight excluding hydrogens is 526 g/mol. The summed E-state index contributed by atoms with van der Waals surface area (Å²) in [5, 5.41) is 6.31. The van der Waals surface area contributed by atoms with Crippen molar-refractivity contribution in [1.29, 1.82) is 0 Å². The molecule has 0 bridgehead atoms. The first-order chi connectivity index (χ1) is 19.8. The van der Waals surface area contributed by atoms with Gasteiger partial charge in [0.1, 0.15) is 23.5 Å². The van der Waals surface area contributed by atoms with Crippen molar-refractivity contribution in [2.45, 2.75) is 69.5 Å². The number of fused-ring (bicyclic) bond motifs is 2. The lowest BCUT2D eigenvalue weighted by Crippen LogP contribution is -2.58. The molecule has 4 amide bonds. The van der Waals surface area contributed by atoms with Crippen LogP contribution in [0.25, 0.3) is 10.9 Å². The van der Waals surface area contributed by atoms with Crippen LogP contribution < -0.4 is 15.4 Å². The topological polar surface area (TPSA) is 141 Å². The highest BCUT2D eigenvalue weighted by Crippen LogP contribution is 2.43. The van der Waals surface area contributed by atoms with Crippen LogP contribution in [-0.4, -0.2) is 89.1 Å². The summed E-state index contributed by atoms with van der Waals surface area (Å²) in [4.78, 5) is 72.8. The molecule has 6 rings (SSSR count). The second-order valence-corrected chi connectivity index (χ2v) is 11.8. The summed E-state index contributed by atoms with van der Waals surface area (Å²) >= 11 is 0. The second-order valence-electron chi connectivity index (χ2n) is 11.8. The Kier molecular flexibility index (Phi) is 7.44. The number of benzene rings is 1. The van der Waals surface area contributed by atoms with Crippen LogP contribution in [0, 0.1) is 11.8 Å². The second kappa shape index (κ2) is 11.2. The van der Waals surface area contributed by atoms with Crippen LogP contribution in [-0.2, 0) is 19.2 Å². The number of carbonyl (C=O) groups excluding carboxylic acids is 5. The summed E-state index contributed by atoms with van der Waals surface area (Å²) in [7, 11) is 1.57. The van der Waals surface area contributed by atoms with Crippen LogP contribution in [0.4, 0.5) is 0 Å². The predicted molar refractivity (Wildman–Crippen MR) is 149 cm³/mol. The van der Waals surface area contributed by atoms with Crippen molar-refractivity contribution >= 4 is 40.3 Å². The molecule has 0 spiro atoms. The molecule has 2 saturated heterocycles. The van der Waals surface area contributed by atoms with Crippen molar-refractivity contribution in [3.05, 3.63) is 30.0 Å². The molecule has 4 unspecified atom stereocenters. The van der Waals surface area contributed by atoms with Crippen LogP contribution in [0.15, 0.2) is 24.3 Å². The average Bonchev–Trinajstić information content (AvgIpc) is 3.34. The molecule has 2 saturated carbocycles. The van der Waals surface area contributed by atoms with Gasteiger partial charge in [-0.05, 0) is 68.6 Å². The SMILES string of the molecule is COc1cccc2[nH]c(C(=O)N3CC4CCCC4C3C(=O)NC(CN3CCCCC3=O)C(=O)C(=O)NC3CC3)cc12. The number of carbonyl (C=O) groups is 5. The highest BCUT2D eigenvalue weighted by atomic mass is 16.5. The van der Waals surface area contributed by atoms with Crippen molar-refractivity contribution in [3.63, 3.8) is 0 Å². The Balaban J connectivity index is 1.25. The third-order valence-corrected chi connectivity index (χ3v) is 9.09. The number of amides is 4. The molecule has 1 aromatic heterocycles. The number of nitrogens with zero attached hydrogens (tertiary/aromatic N) is 2. The van der Waals surface area contributed by atoms with Crippen LogP contribution in [0.2, 0.25) is 0 Å². The molecule has 4 atom stereocenters. The summed E-state index contributed by atoms with van der Waals surface area (Å²) in [6.45, 7) is 0.864. The number of nitrogens with one attached hydrogen (secondary N) is 3. The number of aromatic nitrogens is 1. The third-order valence-electron chi connectivity index (χ3n) is 9.09. The molecule has 4 aliphatic rings. The van der Waals surface area contributed by atoms with E-state index in [1.807, 2.05) is 18.2 Å². The van der Waals surface area contributed by atoms with E-state index in [1.54, 1.807) is 23.0 Å². The maximum Gasteiger partial charge on any atom is 0.289 e. The number of Topliss-reactive ketones (excluding diaryl/α,β-unsaturated/α-hetero) is 1. The molecule has 41 heavy (non-hydrogen) atoms. The number of rotatable bonds is 9. The summed E-state index contributed by atoms with van der Waals surface area (Å²) in [6, 6.07) is 5.30. The van der Waals surface area contributed by atoms with E-state index in [1.165, 1.54) is 0 Å². The Bertz CT molecular complexity index is 1380. The molecule has 3 heterocycles. The number of ether oxygens (including phenoxy) is 1. The van der Waals surface area contributed by atoms with E-state index in [4.69, 9.17) is 4.74 Å². The van der Waals surface area contributed by atoms with Crippen LogP contribution in [0.3, 0.4) is 0 Å². The zero-order chi connectivity index (χ0) is 28.7. The maximum atomic E-state index is 14.0. The molecule has 4 fully saturated rings. The number of likely N-dealkylation sites (tertiary alicyclic amines) is 2. The predicted octanol–water partition coefficient (Wildman–Crippen LogP) is 1.76. The minimum atomic E-state index is -1.18. The zero-order valence-electron chi connectivity index (χ0n) is 23.3. The normalized spacial score (nSPS) is 24.7. The lowest BCUT2D eigenvalue weighted by atomic mass is 9.93. The monoisotopic (exact) mass is 563 g/mol. The molecule has 2 aromatic rings. The Hall–Kier alpha value is -3.89. The number of ketones is 1. The minimum Gasteiger partial charge on any atom is -0.496 e. The van der Waals surface area contributed by atoms with Crippen molar-refractivity contribution in [1.82, 2.24) is 25.4 Å². The van der Waals surface area contributed by atoms with Crippen molar-refractivity contribution in [2.24, 2.45) is 11.8 Å². The average molecular weight is 564 g/mol. The first kappa shape index (κ1) is 27.3. The number of piperidine rings is 1. The molecule has 11 heteroatoms. The van der Waals surface area contributed by atoms with E-state index in [2.05, 4.69) is 15.6 Å². The lowest BCUT2D eigenvalue weighted by Gasteiger charge is -2.32. The fourth-order valence-electron chi connectivity index (χ4n) is 6.79. The van der Waals surface area contributed by atoms with Gasteiger partial charge in [-0.2, -0.15) is 0 Å². The van der Waals surface area contributed by atoms with Crippen molar-refractivity contribution in [3.8, 4) is 5.75 Å². The minimum absolute atomic E-state index is 0.0171. The zero-order valence-corrected chi connectivity index (χ0v) is 23.3. The van der Waals surface area contributed by atoms with Gasteiger partial charge in [-0.1, -0.05) is 12.5 Å². The molecule has 0 radical (unpaired) electrons. The first-order valence-corrected chi connectivity index (χ1v) is 14.7. The number of methoxy groups -OCH3 is 1. The van der Waals surface area contributed by atoms with E-state index in [9.17, 15) is 24.0 Å². The van der Waals surface area contributed by atoms with Crippen molar-refractivity contribution in [2.75, 3.05) is 26.7 Å². The van der Waals surface area contributed by atoms with Gasteiger partial charge in [0, 0.05) is 43.0 Å². The highest BCUT2D eigenvalue weighted by molar-refractivity contribution is 6.38. The largest absolute Gasteiger partial charge is 0.496 e. The Labute approximate surface area is 238 Å². The Morgan fingerprint density at radius 1 is 1.10 bits per heavy atom. The van der Waals surface area contributed by atoms with Gasteiger partial charge >= 0.3 is 0 Å². The number of hydrogen-bond acceptors (Lipinski definition) is 6. The summed E-state index contributed by atoms with van der Waals surface area (Å²) < 4.78 is 5.45. The van der Waals surface area contributed by atoms with Crippen LogP contribution >= 0.6 is 0 Å². The van der Waals surface area contributed by atoms with E-state index in [-0.39, 0.29) is 36.2 Å². The molecule has 1 aromatic carbocycles. The van der Waals surface area contributed by atoms with Gasteiger partial charge in [0.05, 0.1) is 7.11 Å². The van der Waals surface area contributed by atoms with Gasteiger partial charge in [-0.25, -0.2) is 0 Å². The highest BCUT2D eigenvalue weighted by Gasteiger charge is 2.50. The fraction of sp³-hybridized carbons (Fsp3) is 0.567. The van der Waals surface area contributed by atoms with Gasteiger partial charge in [0.25, 0.3) is 11.8 Å². The maximum absolute atomic E-state index is 14.0. The van der Waals surface area contributed by atoms with E-state index >= 15 is 0 Å². The van der Waals surface area contributed by atoms with E-state index in [0.717, 1.165) is 55.8 Å². The smallest absolute Gasteiger partial charge is 0.289 e. The molecule has 2 aliphatic heterocycles. The molecule has 218 valence electrons. The van der Waals surface area contributed by atoms with Gasteiger partial charge in [-0.15, -0.1) is 0 Å². The quantitative estimate of drug-likeness (QED) is 0.397. The van der Waals surface area contributed by atoms with Gasteiger partial charge in [-0.3, -0.25) is 24.0 Å². The van der Waals surface area contributed by atoms with Gasteiger partial charge < -0.3 is 30.2 Å². The summed E-state index contributed by atoms with van der Waals surface area (Å²) in [5.41, 5.74) is 1.12. The van der Waals surface area contributed by atoms with Crippen molar-refractivity contribution < 1.29 is 28.7 Å². The van der Waals surface area contributed by atoms with Gasteiger partial charge in [0.15, 0.2) is 0 Å². The molecule has 2 aliphatic carbocycles. The third kappa shape index (κ3) is 5.41. The van der Waals surface area contributed by atoms with E-state index < -0.39 is 29.7 Å². The standard InChI is InChI=1S/C30H37N5O6/c1-41-24-9-5-8-21-20(24)14-22(32-21)30(40)35-15-17-6-4-7-19(17)26(35)28(38)33-23(16-34-13-3-2-10-25(34)36)27(37)29(39)31-18-11-12-18/h5,8-9,14,17-19,23,26,32H,2-4,6-7,10-13,15-16H2,1H3,(H,31,39)(H,33,38). The molecule has 11 nitrogen and oxygen atoms in total. The summed E-state index contributed by atoms with van der Waals surface area (Å²) in [6.07, 6.45) is 6.31. The first-order valence-electron chi connectivity index (χ1n) is 14.7. The Morgan fingerprint density at radius 2 is 1.93 bits per heavy atom. The fourth-order valence-corrected chi connectivity index (χ4v) is 6.79. The number of hydrogen-bond donors (Lipinski definition) is 3. The molecule has 3 N–H and O–H groups in total. The lowest BCUT2D eigenvalue weighted by molar-refractivity contribution is -0.142. The number of aromatic amines is 1. The summed E-state index contributed by atoms with van der Waals surface area (Å²) in [5.74, 6) is -1.55.